The van der Waals surface area contributed by atoms with Crippen LogP contribution in [0.4, 0.5) is 0 Å². The Bertz CT molecular complexity index is 570. The first kappa shape index (κ1) is 20.2. The molecular formula is C20H31NO3. The lowest BCUT2D eigenvalue weighted by atomic mass is 9.86. The van der Waals surface area contributed by atoms with Crippen LogP contribution in [0.3, 0.4) is 0 Å². The first-order valence-corrected chi connectivity index (χ1v) is 8.59. The molecule has 0 aliphatic carbocycles. The molecule has 4 heteroatoms. The molecule has 0 atom stereocenters. The van der Waals surface area contributed by atoms with Crippen LogP contribution < -0.4 is 0 Å². The Morgan fingerprint density at radius 3 is 2.25 bits per heavy atom. The summed E-state index contributed by atoms with van der Waals surface area (Å²) in [6, 6.07) is 7.54. The lowest BCUT2D eigenvalue weighted by molar-refractivity contribution is -0.145. The molecular weight excluding hydrogens is 302 g/mol. The monoisotopic (exact) mass is 333 g/mol. The molecule has 0 aromatic heterocycles. The highest BCUT2D eigenvalue weighted by atomic mass is 16.5. The number of esters is 1. The van der Waals surface area contributed by atoms with Crippen LogP contribution in [0, 0.1) is 5.92 Å². The molecule has 0 radical (unpaired) electrons. The molecule has 0 N–H and O–H groups in total. The second kappa shape index (κ2) is 8.32. The molecule has 0 saturated heterocycles. The van der Waals surface area contributed by atoms with Gasteiger partial charge in [-0.2, -0.15) is 0 Å². The molecule has 1 amide bonds. The summed E-state index contributed by atoms with van der Waals surface area (Å²) in [5, 5.41) is 0. The molecule has 1 aromatic carbocycles. The third kappa shape index (κ3) is 5.99. The number of rotatable bonds is 6. The molecule has 0 heterocycles. The van der Waals surface area contributed by atoms with Crippen LogP contribution in [0.1, 0.15) is 64.4 Å². The Kier molecular flexibility index (Phi) is 7.00. The van der Waals surface area contributed by atoms with Crippen molar-refractivity contribution in [2.75, 3.05) is 13.2 Å². The van der Waals surface area contributed by atoms with E-state index in [2.05, 4.69) is 20.8 Å². The number of carbonyl (C=O) groups is 2. The van der Waals surface area contributed by atoms with Crippen molar-refractivity contribution in [3.8, 4) is 0 Å². The number of ether oxygens (including phenoxy) is 1. The molecule has 0 unspecified atom stereocenters. The fourth-order valence-electron chi connectivity index (χ4n) is 2.22. The third-order valence-electron chi connectivity index (χ3n) is 3.74. The van der Waals surface area contributed by atoms with Crippen molar-refractivity contribution >= 4 is 11.9 Å². The van der Waals surface area contributed by atoms with E-state index in [9.17, 15) is 9.59 Å². The van der Waals surface area contributed by atoms with Gasteiger partial charge in [-0.15, -0.1) is 0 Å². The van der Waals surface area contributed by atoms with Crippen molar-refractivity contribution in [3.05, 3.63) is 35.4 Å². The maximum atomic E-state index is 12.9. The van der Waals surface area contributed by atoms with Gasteiger partial charge < -0.3 is 9.64 Å². The highest BCUT2D eigenvalue weighted by molar-refractivity contribution is 5.96. The van der Waals surface area contributed by atoms with E-state index in [1.165, 1.54) is 0 Å². The van der Waals surface area contributed by atoms with Gasteiger partial charge >= 0.3 is 5.97 Å². The molecule has 0 aliphatic rings. The topological polar surface area (TPSA) is 46.6 Å². The van der Waals surface area contributed by atoms with E-state index in [1.54, 1.807) is 11.0 Å². The minimum Gasteiger partial charge on any atom is -0.464 e. The summed E-state index contributed by atoms with van der Waals surface area (Å²) in [6.45, 7) is 14.5. The Morgan fingerprint density at radius 2 is 1.75 bits per heavy atom. The Morgan fingerprint density at radius 1 is 1.12 bits per heavy atom. The highest BCUT2D eigenvalue weighted by Crippen LogP contribution is 2.23. The molecule has 134 valence electrons. The molecule has 1 rings (SSSR count). The average Bonchev–Trinajstić information content (AvgIpc) is 2.49. The van der Waals surface area contributed by atoms with Gasteiger partial charge in [0.1, 0.15) is 6.54 Å². The van der Waals surface area contributed by atoms with Crippen molar-refractivity contribution in [3.63, 3.8) is 0 Å². The molecule has 0 spiro atoms. The summed E-state index contributed by atoms with van der Waals surface area (Å²) >= 11 is 0. The summed E-state index contributed by atoms with van der Waals surface area (Å²) < 4.78 is 5.22. The van der Waals surface area contributed by atoms with E-state index in [0.717, 1.165) is 5.56 Å². The lowest BCUT2D eigenvalue weighted by Crippen LogP contribution is -2.41. The SMILES string of the molecule is CC(C)COC(=O)CN(C(=O)c1cccc(C(C)(C)C)c1)C(C)C. The number of nitrogens with zero attached hydrogens (tertiary/aromatic N) is 1. The fraction of sp³-hybridized carbons (Fsp3) is 0.600. The Hall–Kier alpha value is -1.84. The number of hydrogen-bond donors (Lipinski definition) is 0. The maximum absolute atomic E-state index is 12.9. The summed E-state index contributed by atoms with van der Waals surface area (Å²) in [4.78, 5) is 26.4. The van der Waals surface area contributed by atoms with Gasteiger partial charge in [0, 0.05) is 11.6 Å². The second-order valence-electron chi connectivity index (χ2n) is 7.93. The van der Waals surface area contributed by atoms with Crippen molar-refractivity contribution < 1.29 is 14.3 Å². The standard InChI is InChI=1S/C20H31NO3/c1-14(2)13-24-18(22)12-21(15(3)4)19(23)16-9-8-10-17(11-16)20(5,6)7/h8-11,14-15H,12-13H2,1-7H3. The summed E-state index contributed by atoms with van der Waals surface area (Å²) in [5.41, 5.74) is 1.67. The predicted molar refractivity (Wildman–Crippen MR) is 97.1 cm³/mol. The van der Waals surface area contributed by atoms with Gasteiger partial charge in [-0.05, 0) is 42.9 Å². The first-order valence-electron chi connectivity index (χ1n) is 8.59. The van der Waals surface area contributed by atoms with Gasteiger partial charge in [0.05, 0.1) is 6.61 Å². The van der Waals surface area contributed by atoms with Gasteiger partial charge in [-0.25, -0.2) is 0 Å². The van der Waals surface area contributed by atoms with Gasteiger partial charge in [0.15, 0.2) is 0 Å². The van der Waals surface area contributed by atoms with Crippen molar-refractivity contribution in [2.45, 2.75) is 59.9 Å². The Labute approximate surface area is 146 Å². The van der Waals surface area contributed by atoms with Gasteiger partial charge in [-0.1, -0.05) is 46.8 Å². The summed E-state index contributed by atoms with van der Waals surface area (Å²) in [5.74, 6) is -0.226. The summed E-state index contributed by atoms with van der Waals surface area (Å²) in [6.07, 6.45) is 0. The van der Waals surface area contributed by atoms with Crippen LogP contribution in [0.5, 0.6) is 0 Å². The summed E-state index contributed by atoms with van der Waals surface area (Å²) in [7, 11) is 0. The van der Waals surface area contributed by atoms with E-state index in [1.807, 2.05) is 45.9 Å². The molecule has 1 aromatic rings. The molecule has 0 bridgehead atoms. The molecule has 4 nitrogen and oxygen atoms in total. The third-order valence-corrected chi connectivity index (χ3v) is 3.74. The average molecular weight is 333 g/mol. The van der Waals surface area contributed by atoms with Gasteiger partial charge in [0.25, 0.3) is 5.91 Å². The van der Waals surface area contributed by atoms with Crippen LogP contribution in [-0.2, 0) is 14.9 Å². The van der Waals surface area contributed by atoms with Crippen LogP contribution in [0.15, 0.2) is 24.3 Å². The minimum absolute atomic E-state index is 0.0248. The zero-order valence-corrected chi connectivity index (χ0v) is 16.1. The largest absolute Gasteiger partial charge is 0.464 e. The second-order valence-corrected chi connectivity index (χ2v) is 7.93. The van der Waals surface area contributed by atoms with E-state index in [-0.39, 0.29) is 35.8 Å². The molecule has 0 saturated carbocycles. The van der Waals surface area contributed by atoms with E-state index in [0.29, 0.717) is 12.2 Å². The lowest BCUT2D eigenvalue weighted by Gasteiger charge is -2.27. The van der Waals surface area contributed by atoms with Gasteiger partial charge in [-0.3, -0.25) is 9.59 Å². The van der Waals surface area contributed by atoms with E-state index >= 15 is 0 Å². The Balaban J connectivity index is 2.93. The highest BCUT2D eigenvalue weighted by Gasteiger charge is 2.24. The quantitative estimate of drug-likeness (QED) is 0.738. The van der Waals surface area contributed by atoms with Crippen molar-refractivity contribution in [1.29, 1.82) is 0 Å². The zero-order valence-electron chi connectivity index (χ0n) is 16.1. The first-order chi connectivity index (χ1) is 11.0. The van der Waals surface area contributed by atoms with Crippen LogP contribution in [-0.4, -0.2) is 36.0 Å². The normalized spacial score (nSPS) is 11.7. The van der Waals surface area contributed by atoms with Crippen LogP contribution in [0.2, 0.25) is 0 Å². The molecule has 0 aliphatic heterocycles. The van der Waals surface area contributed by atoms with Crippen LogP contribution in [0.25, 0.3) is 0 Å². The zero-order chi connectivity index (χ0) is 18.5. The van der Waals surface area contributed by atoms with Gasteiger partial charge in [0.2, 0.25) is 0 Å². The molecule has 24 heavy (non-hydrogen) atoms. The minimum atomic E-state index is -0.363. The molecule has 0 fully saturated rings. The fourth-order valence-corrected chi connectivity index (χ4v) is 2.22. The van der Waals surface area contributed by atoms with Crippen molar-refractivity contribution in [2.24, 2.45) is 5.92 Å². The number of hydrogen-bond acceptors (Lipinski definition) is 3. The smallest absolute Gasteiger partial charge is 0.325 e. The van der Waals surface area contributed by atoms with E-state index < -0.39 is 0 Å². The number of carbonyl (C=O) groups excluding carboxylic acids is 2. The van der Waals surface area contributed by atoms with E-state index in [4.69, 9.17) is 4.74 Å². The van der Waals surface area contributed by atoms with Crippen LogP contribution >= 0.6 is 0 Å². The maximum Gasteiger partial charge on any atom is 0.325 e. The predicted octanol–water partition coefficient (Wildman–Crippen LogP) is 4.03. The number of amides is 1. The van der Waals surface area contributed by atoms with Crippen molar-refractivity contribution in [1.82, 2.24) is 4.90 Å². The number of benzene rings is 1.